The smallest absolute Gasteiger partial charge is 0.420 e. The Morgan fingerprint density at radius 2 is 1.70 bits per heavy atom. The van der Waals surface area contributed by atoms with Gasteiger partial charge in [0.25, 0.3) is 0 Å². The van der Waals surface area contributed by atoms with Gasteiger partial charge in [-0.2, -0.15) is 13.2 Å². The third-order valence-electron chi connectivity index (χ3n) is 5.82. The van der Waals surface area contributed by atoms with E-state index >= 15 is 0 Å². The van der Waals surface area contributed by atoms with E-state index in [4.69, 9.17) is 33.7 Å². The van der Waals surface area contributed by atoms with Crippen LogP contribution in [0.3, 0.4) is 0 Å². The van der Waals surface area contributed by atoms with Crippen molar-refractivity contribution in [3.8, 4) is 5.75 Å². The summed E-state index contributed by atoms with van der Waals surface area (Å²) in [6, 6.07) is 10.0. The number of ether oxygens (including phenoxy) is 1. The van der Waals surface area contributed by atoms with Gasteiger partial charge in [-0.15, -0.1) is 0 Å². The molecule has 2 aromatic carbocycles. The van der Waals surface area contributed by atoms with E-state index < -0.39 is 12.1 Å². The van der Waals surface area contributed by atoms with Gasteiger partial charge in [-0.05, 0) is 54.2 Å². The third-order valence-corrected chi connectivity index (χ3v) is 6.56. The molecule has 0 aliphatic heterocycles. The first kappa shape index (κ1) is 25.8. The summed E-state index contributed by atoms with van der Waals surface area (Å²) < 4.78 is 43.2. The highest BCUT2D eigenvalue weighted by atomic mass is 35.5. The van der Waals surface area contributed by atoms with Crippen molar-refractivity contribution in [3.05, 3.63) is 63.1 Å². The maximum Gasteiger partial charge on any atom is 0.491 e. The molecule has 1 aliphatic rings. The molecule has 0 saturated heterocycles. The number of carbonyl (C=O) groups is 1. The maximum absolute atomic E-state index is 12.8. The SMILES string of the molecule is NCc1ccc(OC(=O)C(F)(F)F)c(CN(Cc2ccc(Cl)c(Cl)c2)CC2CCCCC2)c1. The molecule has 0 unspecified atom stereocenters. The largest absolute Gasteiger partial charge is 0.491 e. The van der Waals surface area contributed by atoms with Crippen LogP contribution in [0.5, 0.6) is 5.75 Å². The van der Waals surface area contributed by atoms with Gasteiger partial charge in [0.15, 0.2) is 0 Å². The van der Waals surface area contributed by atoms with Crippen LogP contribution in [0.2, 0.25) is 10.0 Å². The van der Waals surface area contributed by atoms with Gasteiger partial charge in [0, 0.05) is 31.7 Å². The van der Waals surface area contributed by atoms with Crippen molar-refractivity contribution in [3.63, 3.8) is 0 Å². The lowest BCUT2D eigenvalue weighted by atomic mass is 9.88. The summed E-state index contributed by atoms with van der Waals surface area (Å²) in [6.45, 7) is 1.80. The minimum atomic E-state index is -5.08. The van der Waals surface area contributed by atoms with Crippen LogP contribution in [0.15, 0.2) is 36.4 Å². The fourth-order valence-electron chi connectivity index (χ4n) is 4.20. The molecule has 0 atom stereocenters. The predicted octanol–water partition coefficient (Wildman–Crippen LogP) is 6.50. The van der Waals surface area contributed by atoms with Crippen molar-refractivity contribution in [1.29, 1.82) is 0 Å². The van der Waals surface area contributed by atoms with Gasteiger partial charge in [-0.25, -0.2) is 4.79 Å². The molecule has 0 spiro atoms. The van der Waals surface area contributed by atoms with Gasteiger partial charge in [0.2, 0.25) is 0 Å². The molecular formula is C24H27Cl2F3N2O2. The Balaban J connectivity index is 1.87. The molecule has 180 valence electrons. The Morgan fingerprint density at radius 1 is 1.00 bits per heavy atom. The van der Waals surface area contributed by atoms with Crippen molar-refractivity contribution >= 4 is 29.2 Å². The van der Waals surface area contributed by atoms with Crippen LogP contribution in [0, 0.1) is 5.92 Å². The third kappa shape index (κ3) is 7.60. The van der Waals surface area contributed by atoms with Crippen LogP contribution in [-0.4, -0.2) is 23.6 Å². The minimum absolute atomic E-state index is 0.114. The van der Waals surface area contributed by atoms with Crippen molar-refractivity contribution in [2.24, 2.45) is 11.7 Å². The first-order valence-corrected chi connectivity index (χ1v) is 11.7. The number of rotatable bonds is 8. The zero-order valence-corrected chi connectivity index (χ0v) is 19.6. The summed E-state index contributed by atoms with van der Waals surface area (Å²) in [6.07, 6.45) is 0.697. The molecule has 0 bridgehead atoms. The Hall–Kier alpha value is -1.80. The van der Waals surface area contributed by atoms with E-state index in [9.17, 15) is 18.0 Å². The molecule has 3 rings (SSSR count). The number of benzene rings is 2. The molecule has 0 heterocycles. The fourth-order valence-corrected chi connectivity index (χ4v) is 4.52. The molecule has 0 radical (unpaired) electrons. The molecular weight excluding hydrogens is 476 g/mol. The summed E-state index contributed by atoms with van der Waals surface area (Å²) in [5.74, 6) is -1.87. The second-order valence-electron chi connectivity index (χ2n) is 8.46. The average molecular weight is 503 g/mol. The molecule has 2 N–H and O–H groups in total. The monoisotopic (exact) mass is 502 g/mol. The molecule has 33 heavy (non-hydrogen) atoms. The zero-order valence-electron chi connectivity index (χ0n) is 18.1. The lowest BCUT2D eigenvalue weighted by Gasteiger charge is -2.30. The molecule has 1 saturated carbocycles. The first-order valence-electron chi connectivity index (χ1n) is 10.9. The minimum Gasteiger partial charge on any atom is -0.420 e. The highest BCUT2D eigenvalue weighted by Gasteiger charge is 2.41. The van der Waals surface area contributed by atoms with E-state index in [0.29, 0.717) is 34.6 Å². The van der Waals surface area contributed by atoms with E-state index in [1.165, 1.54) is 25.3 Å². The summed E-state index contributed by atoms with van der Waals surface area (Å²) in [7, 11) is 0. The molecule has 2 aromatic rings. The number of nitrogens with two attached hydrogens (primary N) is 1. The molecule has 0 amide bonds. The Bertz CT molecular complexity index is 963. The maximum atomic E-state index is 12.8. The topological polar surface area (TPSA) is 55.6 Å². The fraction of sp³-hybridized carbons (Fsp3) is 0.458. The number of halogens is 5. The summed E-state index contributed by atoms with van der Waals surface area (Å²) >= 11 is 12.2. The normalized spacial score (nSPS) is 15.1. The summed E-state index contributed by atoms with van der Waals surface area (Å²) in [4.78, 5) is 13.6. The van der Waals surface area contributed by atoms with Crippen molar-refractivity contribution < 1.29 is 22.7 Å². The summed E-state index contributed by atoms with van der Waals surface area (Å²) in [5.41, 5.74) is 7.90. The average Bonchev–Trinajstić information content (AvgIpc) is 2.77. The van der Waals surface area contributed by atoms with E-state index in [1.807, 2.05) is 6.07 Å². The number of nitrogens with zero attached hydrogens (tertiary/aromatic N) is 1. The van der Waals surface area contributed by atoms with Crippen LogP contribution in [-0.2, 0) is 24.4 Å². The number of esters is 1. The molecule has 4 nitrogen and oxygen atoms in total. The van der Waals surface area contributed by atoms with Crippen molar-refractivity contribution in [2.75, 3.05) is 6.54 Å². The van der Waals surface area contributed by atoms with Crippen LogP contribution < -0.4 is 10.5 Å². The lowest BCUT2D eigenvalue weighted by Crippen LogP contribution is -2.31. The van der Waals surface area contributed by atoms with Gasteiger partial charge in [0.1, 0.15) is 5.75 Å². The first-order chi connectivity index (χ1) is 15.7. The Kier molecular flexibility index (Phi) is 9.04. The summed E-state index contributed by atoms with van der Waals surface area (Å²) in [5, 5.41) is 0.896. The van der Waals surface area contributed by atoms with Gasteiger partial charge >= 0.3 is 12.1 Å². The number of hydrogen-bond donors (Lipinski definition) is 1. The lowest BCUT2D eigenvalue weighted by molar-refractivity contribution is -0.189. The standard InChI is InChI=1S/C24H27Cl2F3N2O2/c25-20-8-6-18(11-21(20)26)14-31(13-16-4-2-1-3-5-16)15-19-10-17(12-30)7-9-22(19)33-23(32)24(27,28)29/h6-11,16H,1-5,12-15,30H2. The van der Waals surface area contributed by atoms with E-state index in [0.717, 1.165) is 30.5 Å². The van der Waals surface area contributed by atoms with Crippen LogP contribution in [0.4, 0.5) is 13.2 Å². The van der Waals surface area contributed by atoms with Crippen molar-refractivity contribution in [2.45, 2.75) is 57.9 Å². The van der Waals surface area contributed by atoms with E-state index in [1.54, 1.807) is 24.3 Å². The highest BCUT2D eigenvalue weighted by Crippen LogP contribution is 2.30. The molecule has 9 heteroatoms. The van der Waals surface area contributed by atoms with Gasteiger partial charge in [-0.3, -0.25) is 4.90 Å². The van der Waals surface area contributed by atoms with Crippen molar-refractivity contribution in [1.82, 2.24) is 4.90 Å². The number of hydrogen-bond acceptors (Lipinski definition) is 4. The van der Waals surface area contributed by atoms with Crippen LogP contribution >= 0.6 is 23.2 Å². The zero-order chi connectivity index (χ0) is 24.0. The van der Waals surface area contributed by atoms with E-state index in [2.05, 4.69) is 4.90 Å². The molecule has 0 aromatic heterocycles. The van der Waals surface area contributed by atoms with Gasteiger partial charge in [0.05, 0.1) is 10.0 Å². The molecule has 1 fully saturated rings. The second kappa shape index (κ2) is 11.6. The number of carbonyl (C=O) groups excluding carboxylic acids is 1. The Morgan fingerprint density at radius 3 is 2.33 bits per heavy atom. The Labute approximate surface area is 201 Å². The van der Waals surface area contributed by atoms with Crippen LogP contribution in [0.25, 0.3) is 0 Å². The van der Waals surface area contributed by atoms with Crippen LogP contribution in [0.1, 0.15) is 48.8 Å². The van der Waals surface area contributed by atoms with Gasteiger partial charge < -0.3 is 10.5 Å². The van der Waals surface area contributed by atoms with Gasteiger partial charge in [-0.1, -0.05) is 54.6 Å². The second-order valence-corrected chi connectivity index (χ2v) is 9.27. The van der Waals surface area contributed by atoms with E-state index in [-0.39, 0.29) is 12.3 Å². The predicted molar refractivity (Wildman–Crippen MR) is 123 cm³/mol. The number of alkyl halides is 3. The quantitative estimate of drug-likeness (QED) is 0.330. The highest BCUT2D eigenvalue weighted by molar-refractivity contribution is 6.42. The molecule has 1 aliphatic carbocycles.